The number of aryl methyl sites for hydroxylation is 1. The fraction of sp³-hybridized carbons (Fsp3) is 0.182. The first-order chi connectivity index (χ1) is 14.1. The predicted molar refractivity (Wildman–Crippen MR) is 109 cm³/mol. The van der Waals surface area contributed by atoms with Crippen LogP contribution in [-0.4, -0.2) is 42.6 Å². The fourth-order valence-electron chi connectivity index (χ4n) is 3.36. The van der Waals surface area contributed by atoms with Crippen molar-refractivity contribution in [2.45, 2.75) is 12.6 Å². The second kappa shape index (κ2) is 8.10. The van der Waals surface area contributed by atoms with Gasteiger partial charge in [0.1, 0.15) is 6.04 Å². The maximum absolute atomic E-state index is 12.8. The SMILES string of the molecule is CN(Cc1cnn(C)c1)C(=O)c1cn(C(c2ccccc2)c2ccccc2)nn1. The minimum absolute atomic E-state index is 0.157. The Kier molecular flexibility index (Phi) is 5.20. The first kappa shape index (κ1) is 18.6. The van der Waals surface area contributed by atoms with Crippen LogP contribution in [0.3, 0.4) is 0 Å². The molecule has 4 aromatic rings. The van der Waals surface area contributed by atoms with Gasteiger partial charge >= 0.3 is 0 Å². The molecule has 0 radical (unpaired) electrons. The lowest BCUT2D eigenvalue weighted by Gasteiger charge is -2.18. The second-order valence-corrected chi connectivity index (χ2v) is 6.99. The summed E-state index contributed by atoms with van der Waals surface area (Å²) in [5.74, 6) is -0.181. The number of hydrogen-bond donors (Lipinski definition) is 0. The van der Waals surface area contributed by atoms with Crippen LogP contribution < -0.4 is 0 Å². The number of carbonyl (C=O) groups excluding carboxylic acids is 1. The Morgan fingerprint density at radius 1 is 1.00 bits per heavy atom. The average molecular weight is 386 g/mol. The molecular weight excluding hydrogens is 364 g/mol. The molecule has 0 unspecified atom stereocenters. The van der Waals surface area contributed by atoms with Crippen molar-refractivity contribution in [2.75, 3.05) is 7.05 Å². The molecule has 0 saturated heterocycles. The van der Waals surface area contributed by atoms with Crippen LogP contribution in [0.25, 0.3) is 0 Å². The Morgan fingerprint density at radius 2 is 1.62 bits per heavy atom. The van der Waals surface area contributed by atoms with Crippen molar-refractivity contribution in [3.63, 3.8) is 0 Å². The lowest BCUT2D eigenvalue weighted by Crippen LogP contribution is -2.26. The highest BCUT2D eigenvalue weighted by molar-refractivity contribution is 5.91. The third-order valence-corrected chi connectivity index (χ3v) is 4.75. The molecule has 1 amide bonds. The lowest BCUT2D eigenvalue weighted by molar-refractivity contribution is 0.0779. The molecule has 0 atom stereocenters. The summed E-state index contributed by atoms with van der Waals surface area (Å²) in [6, 6.07) is 20.0. The molecule has 29 heavy (non-hydrogen) atoms. The maximum atomic E-state index is 12.8. The molecule has 146 valence electrons. The van der Waals surface area contributed by atoms with Crippen LogP contribution in [0.15, 0.2) is 79.3 Å². The molecule has 4 rings (SSSR count). The lowest BCUT2D eigenvalue weighted by atomic mass is 9.99. The van der Waals surface area contributed by atoms with Crippen LogP contribution in [0.5, 0.6) is 0 Å². The number of hydrogen-bond acceptors (Lipinski definition) is 4. The number of carbonyl (C=O) groups is 1. The van der Waals surface area contributed by atoms with Gasteiger partial charge in [0.15, 0.2) is 5.69 Å². The summed E-state index contributed by atoms with van der Waals surface area (Å²) in [5, 5.41) is 12.6. The van der Waals surface area contributed by atoms with Gasteiger partial charge < -0.3 is 4.90 Å². The molecule has 2 aromatic heterocycles. The number of amides is 1. The van der Waals surface area contributed by atoms with E-state index in [1.54, 1.807) is 33.7 Å². The van der Waals surface area contributed by atoms with Crippen molar-refractivity contribution in [2.24, 2.45) is 7.05 Å². The van der Waals surface area contributed by atoms with E-state index in [0.29, 0.717) is 12.2 Å². The van der Waals surface area contributed by atoms with Crippen LogP contribution in [-0.2, 0) is 13.6 Å². The summed E-state index contributed by atoms with van der Waals surface area (Å²) in [6.07, 6.45) is 5.36. The standard InChI is InChI=1S/C22H22N6O/c1-26(14-17-13-23-27(2)15-17)22(29)20-16-28(25-24-20)21(18-9-5-3-6-10-18)19-11-7-4-8-12-19/h3-13,15-16,21H,14H2,1-2H3. The van der Waals surface area contributed by atoms with Crippen LogP contribution in [0.2, 0.25) is 0 Å². The quantitative estimate of drug-likeness (QED) is 0.511. The summed E-state index contributed by atoms with van der Waals surface area (Å²) >= 11 is 0. The Morgan fingerprint density at radius 3 is 2.17 bits per heavy atom. The summed E-state index contributed by atoms with van der Waals surface area (Å²) in [6.45, 7) is 0.459. The van der Waals surface area contributed by atoms with Gasteiger partial charge in [-0.05, 0) is 11.1 Å². The molecule has 7 heteroatoms. The van der Waals surface area contributed by atoms with Gasteiger partial charge in [0.25, 0.3) is 5.91 Å². The minimum atomic E-state index is -0.181. The molecule has 0 bridgehead atoms. The smallest absolute Gasteiger partial charge is 0.276 e. The third-order valence-electron chi connectivity index (χ3n) is 4.75. The van der Waals surface area contributed by atoms with Gasteiger partial charge in [-0.15, -0.1) is 5.10 Å². The third kappa shape index (κ3) is 4.08. The van der Waals surface area contributed by atoms with Crippen molar-refractivity contribution >= 4 is 5.91 Å². The van der Waals surface area contributed by atoms with E-state index in [-0.39, 0.29) is 11.9 Å². The number of aromatic nitrogens is 5. The first-order valence-corrected chi connectivity index (χ1v) is 9.36. The van der Waals surface area contributed by atoms with Crippen LogP contribution in [0.4, 0.5) is 0 Å². The van der Waals surface area contributed by atoms with Crippen LogP contribution >= 0.6 is 0 Å². The molecule has 0 aliphatic rings. The van der Waals surface area contributed by atoms with E-state index in [2.05, 4.69) is 39.7 Å². The Balaban J connectivity index is 1.61. The zero-order valence-electron chi connectivity index (χ0n) is 16.4. The van der Waals surface area contributed by atoms with Crippen molar-refractivity contribution in [1.29, 1.82) is 0 Å². The highest BCUT2D eigenvalue weighted by Crippen LogP contribution is 2.25. The van der Waals surface area contributed by atoms with E-state index in [4.69, 9.17) is 0 Å². The normalized spacial score (nSPS) is 11.0. The highest BCUT2D eigenvalue weighted by Gasteiger charge is 2.22. The number of benzene rings is 2. The zero-order valence-corrected chi connectivity index (χ0v) is 16.4. The Hall–Kier alpha value is -3.74. The monoisotopic (exact) mass is 386 g/mol. The van der Waals surface area contributed by atoms with Gasteiger partial charge in [-0.3, -0.25) is 9.48 Å². The van der Waals surface area contributed by atoms with Crippen molar-refractivity contribution in [3.05, 3.63) is 102 Å². The summed E-state index contributed by atoms with van der Waals surface area (Å²) in [4.78, 5) is 14.5. The maximum Gasteiger partial charge on any atom is 0.276 e. The van der Waals surface area contributed by atoms with Crippen LogP contribution in [0, 0.1) is 0 Å². The molecule has 0 fully saturated rings. The van der Waals surface area contributed by atoms with E-state index < -0.39 is 0 Å². The van der Waals surface area contributed by atoms with Crippen LogP contribution in [0.1, 0.15) is 33.2 Å². The van der Waals surface area contributed by atoms with Gasteiger partial charge in [-0.25, -0.2) is 4.68 Å². The summed E-state index contributed by atoms with van der Waals surface area (Å²) in [5.41, 5.74) is 3.42. The highest BCUT2D eigenvalue weighted by atomic mass is 16.2. The molecule has 2 heterocycles. The van der Waals surface area contributed by atoms with Gasteiger partial charge in [-0.2, -0.15) is 5.10 Å². The molecule has 0 saturated carbocycles. The van der Waals surface area contributed by atoms with E-state index in [1.165, 1.54) is 0 Å². The van der Waals surface area contributed by atoms with Gasteiger partial charge in [0.2, 0.25) is 0 Å². The first-order valence-electron chi connectivity index (χ1n) is 9.36. The summed E-state index contributed by atoms with van der Waals surface area (Å²) < 4.78 is 3.46. The zero-order chi connectivity index (χ0) is 20.2. The van der Waals surface area contributed by atoms with E-state index in [0.717, 1.165) is 16.7 Å². The second-order valence-electron chi connectivity index (χ2n) is 6.99. The van der Waals surface area contributed by atoms with E-state index in [9.17, 15) is 4.79 Å². The minimum Gasteiger partial charge on any atom is -0.336 e. The van der Waals surface area contributed by atoms with Crippen molar-refractivity contribution in [1.82, 2.24) is 29.7 Å². The number of nitrogens with zero attached hydrogens (tertiary/aromatic N) is 6. The molecule has 0 aliphatic carbocycles. The topological polar surface area (TPSA) is 68.8 Å². The molecule has 7 nitrogen and oxygen atoms in total. The number of rotatable bonds is 6. The van der Waals surface area contributed by atoms with E-state index >= 15 is 0 Å². The Labute approximate surface area is 169 Å². The van der Waals surface area contributed by atoms with E-state index in [1.807, 2.05) is 49.6 Å². The summed E-state index contributed by atoms with van der Waals surface area (Å²) in [7, 11) is 3.60. The molecule has 0 aliphatic heterocycles. The van der Waals surface area contributed by atoms with Crippen molar-refractivity contribution < 1.29 is 4.79 Å². The van der Waals surface area contributed by atoms with Gasteiger partial charge in [0, 0.05) is 32.4 Å². The van der Waals surface area contributed by atoms with Gasteiger partial charge in [-0.1, -0.05) is 65.9 Å². The molecule has 2 aromatic carbocycles. The molecule has 0 spiro atoms. The van der Waals surface area contributed by atoms with Crippen molar-refractivity contribution in [3.8, 4) is 0 Å². The largest absolute Gasteiger partial charge is 0.336 e. The predicted octanol–water partition coefficient (Wildman–Crippen LogP) is 2.92. The average Bonchev–Trinajstić information content (AvgIpc) is 3.38. The Bertz CT molecular complexity index is 1050. The van der Waals surface area contributed by atoms with Gasteiger partial charge in [0.05, 0.1) is 12.4 Å². The molecular formula is C22H22N6O. The fourth-order valence-corrected chi connectivity index (χ4v) is 3.36. The molecule has 0 N–H and O–H groups in total.